The molecule has 0 saturated heterocycles. The molecule has 0 saturated carbocycles. The van der Waals surface area contributed by atoms with Crippen molar-refractivity contribution in [3.8, 4) is 11.4 Å². The van der Waals surface area contributed by atoms with Gasteiger partial charge in [0.15, 0.2) is 0 Å². The smallest absolute Gasteiger partial charge is 0.336 e. The first-order chi connectivity index (χ1) is 18.7. The van der Waals surface area contributed by atoms with Gasteiger partial charge in [-0.2, -0.15) is 18.3 Å². The molecule has 3 amide bonds. The maximum absolute atomic E-state index is 13.2. The third-order valence-corrected chi connectivity index (χ3v) is 6.96. The third kappa shape index (κ3) is 5.90. The second kappa shape index (κ2) is 10.8. The Balaban J connectivity index is 1.31. The van der Waals surface area contributed by atoms with E-state index in [4.69, 9.17) is 0 Å². The molecule has 1 aromatic heterocycles. The molecule has 0 spiro atoms. The molecule has 2 heterocycles. The lowest BCUT2D eigenvalue weighted by atomic mass is 10.1. The lowest BCUT2D eigenvalue weighted by molar-refractivity contribution is -0.137. The normalized spacial score (nSPS) is 13.9. The van der Waals surface area contributed by atoms with E-state index in [1.54, 1.807) is 29.8 Å². The Morgan fingerprint density at radius 1 is 1.03 bits per heavy atom. The van der Waals surface area contributed by atoms with E-state index in [9.17, 15) is 22.8 Å². The van der Waals surface area contributed by atoms with Gasteiger partial charge in [-0.05, 0) is 36.4 Å². The number of anilines is 1. The molecular weight excluding hydrogens is 529 g/mol. The topological polar surface area (TPSA) is 91.6 Å². The van der Waals surface area contributed by atoms with Crippen molar-refractivity contribution >= 4 is 45.5 Å². The number of alkyl halides is 3. The number of hydrogen-bond acceptors (Lipinski definition) is 5. The molecule has 200 valence electrons. The number of carbonyl (C=O) groups excluding carboxylic acids is 2. The van der Waals surface area contributed by atoms with Crippen molar-refractivity contribution in [2.45, 2.75) is 6.18 Å². The minimum absolute atomic E-state index is 0.184. The number of imidazole rings is 1. The van der Waals surface area contributed by atoms with Gasteiger partial charge in [0.25, 0.3) is 0 Å². The first kappa shape index (κ1) is 26.3. The number of para-hydroxylation sites is 1. The number of amides is 3. The zero-order valence-electron chi connectivity index (χ0n) is 20.7. The first-order valence-electron chi connectivity index (χ1n) is 12.0. The van der Waals surface area contributed by atoms with Gasteiger partial charge in [-0.1, -0.05) is 48.2 Å². The predicted molar refractivity (Wildman–Crippen MR) is 146 cm³/mol. The number of thioether (sulfide) groups is 1. The van der Waals surface area contributed by atoms with E-state index in [1.807, 2.05) is 36.4 Å². The van der Waals surface area contributed by atoms with Gasteiger partial charge >= 0.3 is 17.4 Å². The van der Waals surface area contributed by atoms with E-state index in [0.717, 1.165) is 35.0 Å². The van der Waals surface area contributed by atoms with Gasteiger partial charge in [-0.3, -0.25) is 4.79 Å². The Hall–Kier alpha value is -4.32. The Morgan fingerprint density at radius 2 is 1.82 bits per heavy atom. The fourth-order valence-electron chi connectivity index (χ4n) is 4.15. The number of hydrazone groups is 1. The van der Waals surface area contributed by atoms with Gasteiger partial charge < -0.3 is 15.2 Å². The molecule has 0 radical (unpaired) electrons. The molecule has 1 aliphatic heterocycles. The zero-order valence-corrected chi connectivity index (χ0v) is 21.5. The molecule has 0 atom stereocenters. The third-order valence-electron chi connectivity index (χ3n) is 6.09. The molecule has 5 rings (SSSR count). The van der Waals surface area contributed by atoms with Crippen LogP contribution in [0.3, 0.4) is 0 Å². The van der Waals surface area contributed by atoms with Crippen LogP contribution in [-0.2, 0) is 13.2 Å². The van der Waals surface area contributed by atoms with Crippen LogP contribution in [0.25, 0.3) is 22.4 Å². The number of aryl methyl sites for hydroxylation is 1. The molecule has 8 nitrogen and oxygen atoms in total. The number of carbonyl (C=O) groups is 2. The lowest BCUT2D eigenvalue weighted by Crippen LogP contribution is -2.38. The fourth-order valence-corrected chi connectivity index (χ4v) is 4.91. The number of aromatic nitrogens is 2. The second-order valence-corrected chi connectivity index (χ2v) is 9.67. The van der Waals surface area contributed by atoms with Crippen LogP contribution in [0.1, 0.15) is 11.1 Å². The average molecular weight is 553 g/mol. The van der Waals surface area contributed by atoms with Gasteiger partial charge in [-0.15, -0.1) is 0 Å². The predicted octanol–water partition coefficient (Wildman–Crippen LogP) is 5.95. The summed E-state index contributed by atoms with van der Waals surface area (Å²) in [4.78, 5) is 29.1. The Kier molecular flexibility index (Phi) is 7.29. The van der Waals surface area contributed by atoms with Gasteiger partial charge in [0.2, 0.25) is 0 Å². The van der Waals surface area contributed by atoms with E-state index in [1.165, 1.54) is 11.1 Å². The number of nitrogens with zero attached hydrogens (tertiary/aromatic N) is 4. The highest BCUT2D eigenvalue weighted by atomic mass is 32.2. The van der Waals surface area contributed by atoms with Crippen LogP contribution in [-0.4, -0.2) is 50.4 Å². The number of nitrogens with one attached hydrogen (secondary N) is 2. The van der Waals surface area contributed by atoms with Crippen LogP contribution in [0.5, 0.6) is 0 Å². The summed E-state index contributed by atoms with van der Waals surface area (Å²) in [5, 5.41) is 11.0. The highest BCUT2D eigenvalue weighted by molar-refractivity contribution is 8.14. The van der Waals surface area contributed by atoms with Crippen LogP contribution in [0.15, 0.2) is 77.9 Å². The highest BCUT2D eigenvalue weighted by Crippen LogP contribution is 2.33. The largest absolute Gasteiger partial charge is 0.416 e. The molecule has 0 fully saturated rings. The first-order valence-corrected chi connectivity index (χ1v) is 12.9. The van der Waals surface area contributed by atoms with E-state index >= 15 is 0 Å². The maximum atomic E-state index is 13.2. The molecule has 12 heteroatoms. The minimum Gasteiger partial charge on any atom is -0.336 e. The summed E-state index contributed by atoms with van der Waals surface area (Å²) in [7, 11) is 1.75. The summed E-state index contributed by atoms with van der Waals surface area (Å²) in [6.07, 6.45) is -4.45. The van der Waals surface area contributed by atoms with E-state index in [2.05, 4.69) is 20.7 Å². The number of urea groups is 1. The summed E-state index contributed by atoms with van der Waals surface area (Å²) in [5.41, 5.74) is 3.02. The van der Waals surface area contributed by atoms with E-state index < -0.39 is 11.7 Å². The summed E-state index contributed by atoms with van der Waals surface area (Å²) >= 11 is 1.10. The number of fused-ring (bicyclic) bond motifs is 1. The minimum atomic E-state index is -4.45. The van der Waals surface area contributed by atoms with Crippen molar-refractivity contribution < 1.29 is 22.8 Å². The van der Waals surface area contributed by atoms with Crippen LogP contribution in [0, 0.1) is 0 Å². The molecule has 4 aromatic rings. The summed E-state index contributed by atoms with van der Waals surface area (Å²) in [5.74, 6) is 0.765. The SMILES string of the molecule is Cn1c(-c2cccc(C(F)(F)F)c2)nc2cc(C3=NN(CCNC(=O)Nc4ccccc4)C(=O)SC3)ccc21. The molecular formula is C27H23F3N6O2S. The van der Waals surface area contributed by atoms with Gasteiger partial charge in [0.05, 0.1) is 28.9 Å². The maximum Gasteiger partial charge on any atom is 0.416 e. The quantitative estimate of drug-likeness (QED) is 0.309. The van der Waals surface area contributed by atoms with Crippen molar-refractivity contribution in [3.05, 3.63) is 83.9 Å². The fraction of sp³-hybridized carbons (Fsp3) is 0.185. The summed E-state index contributed by atoms with van der Waals surface area (Å²) < 4.78 is 41.4. The van der Waals surface area contributed by atoms with Gasteiger partial charge in [0, 0.05) is 36.2 Å². The van der Waals surface area contributed by atoms with Gasteiger partial charge in [-0.25, -0.2) is 14.8 Å². The number of hydrogen-bond donors (Lipinski definition) is 2. The average Bonchev–Trinajstić information content (AvgIpc) is 3.25. The highest BCUT2D eigenvalue weighted by Gasteiger charge is 2.31. The summed E-state index contributed by atoms with van der Waals surface area (Å²) in [6, 6.07) is 19.2. The van der Waals surface area contributed by atoms with Crippen molar-refractivity contribution in [3.63, 3.8) is 0 Å². The summed E-state index contributed by atoms with van der Waals surface area (Å²) in [6.45, 7) is 0.379. The monoisotopic (exact) mass is 552 g/mol. The van der Waals surface area contributed by atoms with Crippen molar-refractivity contribution in [2.75, 3.05) is 24.2 Å². The molecule has 39 heavy (non-hydrogen) atoms. The van der Waals surface area contributed by atoms with Crippen LogP contribution >= 0.6 is 11.8 Å². The number of benzene rings is 3. The standard InChI is InChI=1S/C27H23F3N6O2S/c1-35-23-11-10-17(15-21(23)33-24(35)18-6-5-7-19(14-18)27(28,29)30)22-16-39-26(38)36(34-22)13-12-31-25(37)32-20-8-3-2-4-9-20/h2-11,14-15H,12-13,16H2,1H3,(H2,31,32,37). The molecule has 0 bridgehead atoms. The van der Waals surface area contributed by atoms with Crippen molar-refractivity contribution in [1.82, 2.24) is 19.9 Å². The Bertz CT molecular complexity index is 1570. The molecule has 0 unspecified atom stereocenters. The molecule has 2 N–H and O–H groups in total. The van der Waals surface area contributed by atoms with E-state index in [0.29, 0.717) is 34.1 Å². The Morgan fingerprint density at radius 3 is 2.59 bits per heavy atom. The van der Waals surface area contributed by atoms with Crippen molar-refractivity contribution in [1.29, 1.82) is 0 Å². The molecule has 0 aliphatic carbocycles. The Labute approximate surface area is 225 Å². The lowest BCUT2D eigenvalue weighted by Gasteiger charge is -2.23. The second-order valence-electron chi connectivity index (χ2n) is 8.75. The number of halogens is 3. The van der Waals surface area contributed by atoms with E-state index in [-0.39, 0.29) is 24.4 Å². The molecule has 3 aromatic carbocycles. The van der Waals surface area contributed by atoms with Crippen molar-refractivity contribution in [2.24, 2.45) is 12.1 Å². The van der Waals surface area contributed by atoms with Crippen LogP contribution in [0.4, 0.5) is 28.4 Å². The van der Waals surface area contributed by atoms with Crippen LogP contribution in [0.2, 0.25) is 0 Å². The zero-order chi connectivity index (χ0) is 27.6. The molecule has 1 aliphatic rings. The number of rotatable bonds is 6. The van der Waals surface area contributed by atoms with Crippen LogP contribution < -0.4 is 10.6 Å². The van der Waals surface area contributed by atoms with Gasteiger partial charge in [0.1, 0.15) is 5.82 Å².